The van der Waals surface area contributed by atoms with Gasteiger partial charge >= 0.3 is 5.69 Å². The Morgan fingerprint density at radius 1 is 1.38 bits per heavy atom. The van der Waals surface area contributed by atoms with E-state index in [1.54, 1.807) is 31.3 Å². The Kier molecular flexibility index (Phi) is 4.49. The molecule has 2 rings (SSSR count). The molecule has 0 aliphatic carbocycles. The van der Waals surface area contributed by atoms with E-state index >= 15 is 0 Å². The first-order valence-corrected chi connectivity index (χ1v) is 6.58. The molecule has 0 bridgehead atoms. The Balaban J connectivity index is 2.41. The van der Waals surface area contributed by atoms with E-state index < -0.39 is 4.92 Å². The van der Waals surface area contributed by atoms with Gasteiger partial charge in [0.25, 0.3) is 0 Å². The standard InChI is InChI=1S/C15H17N3O3/c1-10-6-7-14(13(9-10)18(19)20)21-15-12(11(2)16-3)5-4-8-17-15/h4-9,11,16H,1-3H3. The Hall–Kier alpha value is -2.47. The molecule has 21 heavy (non-hydrogen) atoms. The summed E-state index contributed by atoms with van der Waals surface area (Å²) in [5.41, 5.74) is 1.58. The Bertz CT molecular complexity index is 658. The minimum Gasteiger partial charge on any atom is -0.431 e. The van der Waals surface area contributed by atoms with Gasteiger partial charge in [-0.25, -0.2) is 4.98 Å². The fourth-order valence-electron chi connectivity index (χ4n) is 1.93. The van der Waals surface area contributed by atoms with Crippen LogP contribution in [0.2, 0.25) is 0 Å². The molecule has 0 saturated carbocycles. The van der Waals surface area contributed by atoms with Crippen molar-refractivity contribution in [1.82, 2.24) is 10.3 Å². The van der Waals surface area contributed by atoms with E-state index in [9.17, 15) is 10.1 Å². The lowest BCUT2D eigenvalue weighted by Crippen LogP contribution is -2.13. The number of aromatic nitrogens is 1. The number of nitrogens with one attached hydrogen (secondary N) is 1. The van der Waals surface area contributed by atoms with Gasteiger partial charge in [-0.2, -0.15) is 0 Å². The van der Waals surface area contributed by atoms with Crippen molar-refractivity contribution in [1.29, 1.82) is 0 Å². The molecule has 6 nitrogen and oxygen atoms in total. The van der Waals surface area contributed by atoms with Gasteiger partial charge in [0.05, 0.1) is 4.92 Å². The summed E-state index contributed by atoms with van der Waals surface area (Å²) in [7, 11) is 1.83. The van der Waals surface area contributed by atoms with Crippen LogP contribution >= 0.6 is 0 Å². The smallest absolute Gasteiger partial charge is 0.311 e. The zero-order chi connectivity index (χ0) is 15.4. The van der Waals surface area contributed by atoms with Crippen LogP contribution in [0.1, 0.15) is 24.1 Å². The highest BCUT2D eigenvalue weighted by atomic mass is 16.6. The molecule has 0 saturated heterocycles. The van der Waals surface area contributed by atoms with Crippen molar-refractivity contribution >= 4 is 5.69 Å². The minimum atomic E-state index is -0.452. The molecule has 1 atom stereocenters. The van der Waals surface area contributed by atoms with Crippen molar-refractivity contribution in [3.8, 4) is 11.6 Å². The van der Waals surface area contributed by atoms with Crippen molar-refractivity contribution in [3.05, 3.63) is 57.8 Å². The maximum atomic E-state index is 11.1. The average Bonchev–Trinajstić information content (AvgIpc) is 2.48. The summed E-state index contributed by atoms with van der Waals surface area (Å²) in [6, 6.07) is 8.56. The molecule has 0 fully saturated rings. The normalized spacial score (nSPS) is 12.0. The summed E-state index contributed by atoms with van der Waals surface area (Å²) in [5, 5.41) is 14.2. The zero-order valence-electron chi connectivity index (χ0n) is 12.2. The summed E-state index contributed by atoms with van der Waals surface area (Å²) in [4.78, 5) is 14.9. The van der Waals surface area contributed by atoms with Gasteiger partial charge in [0.1, 0.15) is 0 Å². The highest BCUT2D eigenvalue weighted by molar-refractivity contribution is 5.50. The lowest BCUT2D eigenvalue weighted by molar-refractivity contribution is -0.385. The van der Waals surface area contributed by atoms with Crippen molar-refractivity contribution in [2.45, 2.75) is 19.9 Å². The Morgan fingerprint density at radius 2 is 2.14 bits per heavy atom. The lowest BCUT2D eigenvalue weighted by atomic mass is 10.1. The number of pyridine rings is 1. The summed E-state index contributed by atoms with van der Waals surface area (Å²) in [6.45, 7) is 3.76. The van der Waals surface area contributed by atoms with Gasteiger partial charge < -0.3 is 10.1 Å². The van der Waals surface area contributed by atoms with Crippen LogP contribution in [0.3, 0.4) is 0 Å². The molecule has 1 N–H and O–H groups in total. The van der Waals surface area contributed by atoms with E-state index in [-0.39, 0.29) is 17.5 Å². The molecule has 0 aliphatic rings. The molecule has 1 aromatic carbocycles. The third kappa shape index (κ3) is 3.35. The van der Waals surface area contributed by atoms with E-state index in [1.165, 1.54) is 6.07 Å². The fraction of sp³-hybridized carbons (Fsp3) is 0.267. The molecule has 0 radical (unpaired) electrons. The number of aryl methyl sites for hydroxylation is 1. The van der Waals surface area contributed by atoms with Crippen LogP contribution in [0.4, 0.5) is 5.69 Å². The number of rotatable bonds is 5. The quantitative estimate of drug-likeness (QED) is 0.674. The van der Waals surface area contributed by atoms with Crippen molar-refractivity contribution in [2.75, 3.05) is 7.05 Å². The van der Waals surface area contributed by atoms with Gasteiger partial charge in [0, 0.05) is 23.9 Å². The third-order valence-electron chi connectivity index (χ3n) is 3.22. The highest BCUT2D eigenvalue weighted by Crippen LogP contribution is 2.33. The maximum absolute atomic E-state index is 11.1. The lowest BCUT2D eigenvalue weighted by Gasteiger charge is -2.15. The number of hydrogen-bond acceptors (Lipinski definition) is 5. The fourth-order valence-corrected chi connectivity index (χ4v) is 1.93. The largest absolute Gasteiger partial charge is 0.431 e. The minimum absolute atomic E-state index is 0.0261. The summed E-state index contributed by atoms with van der Waals surface area (Å²) in [6.07, 6.45) is 1.60. The second-order valence-corrected chi connectivity index (χ2v) is 4.74. The van der Waals surface area contributed by atoms with Crippen molar-refractivity contribution in [3.63, 3.8) is 0 Å². The summed E-state index contributed by atoms with van der Waals surface area (Å²) < 4.78 is 5.69. The Morgan fingerprint density at radius 3 is 2.81 bits per heavy atom. The summed E-state index contributed by atoms with van der Waals surface area (Å²) >= 11 is 0. The number of nitro groups is 1. The van der Waals surface area contributed by atoms with Gasteiger partial charge in [0.2, 0.25) is 11.6 Å². The van der Waals surface area contributed by atoms with Gasteiger partial charge in [-0.15, -0.1) is 0 Å². The monoisotopic (exact) mass is 287 g/mol. The van der Waals surface area contributed by atoms with Crippen LogP contribution in [-0.4, -0.2) is 17.0 Å². The third-order valence-corrected chi connectivity index (χ3v) is 3.22. The number of hydrogen-bond donors (Lipinski definition) is 1. The van der Waals surface area contributed by atoms with Crippen LogP contribution in [0.15, 0.2) is 36.5 Å². The van der Waals surface area contributed by atoms with E-state index in [2.05, 4.69) is 10.3 Å². The van der Waals surface area contributed by atoms with Gasteiger partial charge in [-0.05, 0) is 38.6 Å². The van der Waals surface area contributed by atoms with Crippen LogP contribution in [0.25, 0.3) is 0 Å². The predicted octanol–water partition coefficient (Wildman–Crippen LogP) is 3.37. The van der Waals surface area contributed by atoms with Crippen LogP contribution in [0, 0.1) is 17.0 Å². The topological polar surface area (TPSA) is 77.3 Å². The Labute approximate surface area is 122 Å². The molecule has 6 heteroatoms. The van der Waals surface area contributed by atoms with E-state index in [0.29, 0.717) is 5.88 Å². The van der Waals surface area contributed by atoms with E-state index in [0.717, 1.165) is 11.1 Å². The highest BCUT2D eigenvalue weighted by Gasteiger charge is 2.19. The first-order valence-electron chi connectivity index (χ1n) is 6.58. The number of nitrogens with zero attached hydrogens (tertiary/aromatic N) is 2. The zero-order valence-corrected chi connectivity index (χ0v) is 12.2. The first kappa shape index (κ1) is 14.9. The maximum Gasteiger partial charge on any atom is 0.311 e. The molecule has 1 aromatic heterocycles. The van der Waals surface area contributed by atoms with Crippen LogP contribution < -0.4 is 10.1 Å². The second kappa shape index (κ2) is 6.32. The van der Waals surface area contributed by atoms with Crippen LogP contribution in [-0.2, 0) is 0 Å². The summed E-state index contributed by atoms with van der Waals surface area (Å²) in [5.74, 6) is 0.556. The molecule has 110 valence electrons. The number of nitro benzene ring substituents is 1. The molecule has 1 unspecified atom stereocenters. The molecular formula is C15H17N3O3. The molecule has 0 spiro atoms. The molecule has 1 heterocycles. The second-order valence-electron chi connectivity index (χ2n) is 4.74. The number of ether oxygens (including phenoxy) is 1. The molecular weight excluding hydrogens is 270 g/mol. The average molecular weight is 287 g/mol. The number of benzene rings is 1. The first-order chi connectivity index (χ1) is 10.0. The molecule has 2 aromatic rings. The van der Waals surface area contributed by atoms with Gasteiger partial charge in [-0.1, -0.05) is 12.1 Å². The van der Waals surface area contributed by atoms with Crippen LogP contribution in [0.5, 0.6) is 11.6 Å². The van der Waals surface area contributed by atoms with E-state index in [4.69, 9.17) is 4.74 Å². The van der Waals surface area contributed by atoms with Crippen molar-refractivity contribution < 1.29 is 9.66 Å². The van der Waals surface area contributed by atoms with Gasteiger partial charge in [-0.3, -0.25) is 10.1 Å². The molecule has 0 aliphatic heterocycles. The molecule has 0 amide bonds. The van der Waals surface area contributed by atoms with Crippen molar-refractivity contribution in [2.24, 2.45) is 0 Å². The van der Waals surface area contributed by atoms with E-state index in [1.807, 2.05) is 20.0 Å². The SMILES string of the molecule is CNC(C)c1cccnc1Oc1ccc(C)cc1[N+](=O)[O-]. The van der Waals surface area contributed by atoms with Gasteiger partial charge in [0.15, 0.2) is 0 Å². The predicted molar refractivity (Wildman–Crippen MR) is 79.6 cm³/mol.